The van der Waals surface area contributed by atoms with Crippen LogP contribution in [-0.2, 0) is 9.53 Å². The van der Waals surface area contributed by atoms with Crippen molar-refractivity contribution in [2.45, 2.75) is 39.2 Å². The molecule has 0 radical (unpaired) electrons. The molecule has 0 heterocycles. The Balaban J connectivity index is 3.86. The van der Waals surface area contributed by atoms with E-state index in [1.54, 1.807) is 7.11 Å². The Morgan fingerprint density at radius 1 is 1.37 bits per heavy atom. The van der Waals surface area contributed by atoms with Gasteiger partial charge in [0.05, 0.1) is 0 Å². The van der Waals surface area contributed by atoms with Gasteiger partial charge in [0.2, 0.25) is 11.9 Å². The number of hydrogen-bond acceptors (Lipinski definition) is 4. The first-order chi connectivity index (χ1) is 8.89. The van der Waals surface area contributed by atoms with Crippen LogP contribution in [0.15, 0.2) is 4.99 Å². The summed E-state index contributed by atoms with van der Waals surface area (Å²) in [7, 11) is 1.65. The fourth-order valence-corrected chi connectivity index (χ4v) is 1.33. The summed E-state index contributed by atoms with van der Waals surface area (Å²) in [6.07, 6.45) is 1.20. The number of nitrogens with zero attached hydrogens (tertiary/aromatic N) is 1. The second-order valence-corrected chi connectivity index (χ2v) is 5.20. The van der Waals surface area contributed by atoms with Gasteiger partial charge >= 0.3 is 0 Å². The fraction of sp³-hybridized carbons (Fsp3) is 0.833. The number of amides is 1. The first kappa shape index (κ1) is 17.7. The van der Waals surface area contributed by atoms with Gasteiger partial charge in [0, 0.05) is 38.8 Å². The van der Waals surface area contributed by atoms with Crippen LogP contribution in [0.1, 0.15) is 33.6 Å². The van der Waals surface area contributed by atoms with Crippen LogP contribution in [0.5, 0.6) is 0 Å². The number of hydrazine groups is 1. The van der Waals surface area contributed by atoms with Crippen molar-refractivity contribution >= 4 is 11.9 Å². The van der Waals surface area contributed by atoms with E-state index >= 15 is 0 Å². The zero-order valence-corrected chi connectivity index (χ0v) is 12.4. The second kappa shape index (κ2) is 9.57. The van der Waals surface area contributed by atoms with E-state index in [2.05, 4.69) is 21.1 Å². The summed E-state index contributed by atoms with van der Waals surface area (Å²) in [6.45, 7) is 7.60. The molecule has 0 aliphatic carbocycles. The molecule has 0 aliphatic rings. The largest absolute Gasteiger partial charge is 0.385 e. The SMILES string of the molecule is COCCCN=C(NN)NCCC(=O)NC(C)(C)C. The molecular formula is C12H27N5O2. The Bertz CT molecular complexity index is 286. The van der Waals surface area contributed by atoms with E-state index in [-0.39, 0.29) is 11.4 Å². The fourth-order valence-electron chi connectivity index (χ4n) is 1.33. The zero-order chi connectivity index (χ0) is 14.7. The molecule has 112 valence electrons. The molecule has 1 amide bonds. The smallest absolute Gasteiger partial charge is 0.222 e. The van der Waals surface area contributed by atoms with Gasteiger partial charge < -0.3 is 15.4 Å². The molecular weight excluding hydrogens is 246 g/mol. The highest BCUT2D eigenvalue weighted by Crippen LogP contribution is 1.98. The average Bonchev–Trinajstić information content (AvgIpc) is 2.30. The lowest BCUT2D eigenvalue weighted by Gasteiger charge is -2.20. The number of nitrogens with one attached hydrogen (secondary N) is 3. The van der Waals surface area contributed by atoms with Gasteiger partial charge in [0.15, 0.2) is 0 Å². The number of hydrogen-bond donors (Lipinski definition) is 4. The van der Waals surface area contributed by atoms with Crippen LogP contribution in [0.25, 0.3) is 0 Å². The average molecular weight is 273 g/mol. The number of carbonyl (C=O) groups is 1. The van der Waals surface area contributed by atoms with Gasteiger partial charge in [0.25, 0.3) is 0 Å². The molecule has 0 atom stereocenters. The van der Waals surface area contributed by atoms with Gasteiger partial charge in [-0.1, -0.05) is 0 Å². The minimum absolute atomic E-state index is 0.00393. The normalized spacial score (nSPS) is 12.2. The van der Waals surface area contributed by atoms with Crippen LogP contribution >= 0.6 is 0 Å². The first-order valence-corrected chi connectivity index (χ1v) is 6.44. The van der Waals surface area contributed by atoms with Gasteiger partial charge in [-0.25, -0.2) is 5.84 Å². The molecule has 0 rings (SSSR count). The predicted molar refractivity (Wildman–Crippen MR) is 76.6 cm³/mol. The van der Waals surface area contributed by atoms with Crippen LogP contribution < -0.4 is 21.9 Å². The molecule has 0 spiro atoms. The van der Waals surface area contributed by atoms with E-state index in [1.807, 2.05) is 20.8 Å². The van der Waals surface area contributed by atoms with Crippen LogP contribution in [0.2, 0.25) is 0 Å². The first-order valence-electron chi connectivity index (χ1n) is 6.44. The highest BCUT2D eigenvalue weighted by Gasteiger charge is 2.13. The molecule has 0 saturated heterocycles. The molecule has 0 unspecified atom stereocenters. The maximum atomic E-state index is 11.6. The van der Waals surface area contributed by atoms with Crippen LogP contribution in [0, 0.1) is 0 Å². The summed E-state index contributed by atoms with van der Waals surface area (Å²) >= 11 is 0. The number of ether oxygens (including phenoxy) is 1. The monoisotopic (exact) mass is 273 g/mol. The lowest BCUT2D eigenvalue weighted by atomic mass is 10.1. The predicted octanol–water partition coefficient (Wildman–Crippen LogP) is -0.263. The van der Waals surface area contributed by atoms with E-state index in [0.29, 0.717) is 32.1 Å². The number of aliphatic imine (C=N–C) groups is 1. The van der Waals surface area contributed by atoms with Crippen molar-refractivity contribution in [3.8, 4) is 0 Å². The van der Waals surface area contributed by atoms with E-state index in [4.69, 9.17) is 10.6 Å². The highest BCUT2D eigenvalue weighted by atomic mass is 16.5. The van der Waals surface area contributed by atoms with Crippen molar-refractivity contribution in [3.63, 3.8) is 0 Å². The van der Waals surface area contributed by atoms with Gasteiger partial charge in [0.1, 0.15) is 0 Å². The van der Waals surface area contributed by atoms with Crippen LogP contribution in [0.4, 0.5) is 0 Å². The minimum atomic E-state index is -0.208. The summed E-state index contributed by atoms with van der Waals surface area (Å²) in [5, 5.41) is 5.86. The van der Waals surface area contributed by atoms with Crippen LogP contribution in [0.3, 0.4) is 0 Å². The second-order valence-electron chi connectivity index (χ2n) is 5.20. The molecule has 0 aromatic heterocycles. The molecule has 0 bridgehead atoms. The van der Waals surface area contributed by atoms with Crippen molar-refractivity contribution in [3.05, 3.63) is 0 Å². The number of guanidine groups is 1. The molecule has 7 nitrogen and oxygen atoms in total. The Labute approximate surface area is 115 Å². The summed E-state index contributed by atoms with van der Waals surface area (Å²) in [5.41, 5.74) is 2.26. The topological polar surface area (TPSA) is 101 Å². The minimum Gasteiger partial charge on any atom is -0.385 e. The number of methoxy groups -OCH3 is 1. The molecule has 0 saturated carbocycles. The van der Waals surface area contributed by atoms with Crippen molar-refractivity contribution < 1.29 is 9.53 Å². The summed E-state index contributed by atoms with van der Waals surface area (Å²) in [4.78, 5) is 15.8. The Morgan fingerprint density at radius 3 is 2.58 bits per heavy atom. The van der Waals surface area contributed by atoms with Crippen molar-refractivity contribution in [2.75, 3.05) is 26.8 Å². The maximum Gasteiger partial charge on any atom is 0.222 e. The molecule has 0 aromatic carbocycles. The summed E-state index contributed by atoms with van der Waals surface area (Å²) in [6, 6.07) is 0. The Kier molecular flexibility index (Phi) is 8.90. The summed E-state index contributed by atoms with van der Waals surface area (Å²) in [5.74, 6) is 5.81. The van der Waals surface area contributed by atoms with E-state index in [0.717, 1.165) is 6.42 Å². The molecule has 7 heteroatoms. The third kappa shape index (κ3) is 11.5. The number of nitrogens with two attached hydrogens (primary N) is 1. The van der Waals surface area contributed by atoms with Crippen molar-refractivity contribution in [1.29, 1.82) is 0 Å². The van der Waals surface area contributed by atoms with Gasteiger partial charge in [-0.3, -0.25) is 15.2 Å². The van der Waals surface area contributed by atoms with Crippen molar-refractivity contribution in [2.24, 2.45) is 10.8 Å². The van der Waals surface area contributed by atoms with E-state index < -0.39 is 0 Å². The third-order valence-electron chi connectivity index (χ3n) is 2.07. The van der Waals surface area contributed by atoms with E-state index in [1.165, 1.54) is 0 Å². The molecule has 0 aliphatic heterocycles. The zero-order valence-electron chi connectivity index (χ0n) is 12.4. The summed E-state index contributed by atoms with van der Waals surface area (Å²) < 4.78 is 4.92. The lowest BCUT2D eigenvalue weighted by molar-refractivity contribution is -0.122. The van der Waals surface area contributed by atoms with Crippen molar-refractivity contribution in [1.82, 2.24) is 16.1 Å². The highest BCUT2D eigenvalue weighted by molar-refractivity contribution is 5.81. The van der Waals surface area contributed by atoms with E-state index in [9.17, 15) is 4.79 Å². The standard InChI is InChI=1S/C12H27N5O2/c1-12(2,3)16-10(18)6-8-15-11(17-13)14-7-5-9-19-4/h5-9,13H2,1-4H3,(H,16,18)(H2,14,15,17). The molecule has 0 aromatic rings. The molecule has 5 N–H and O–H groups in total. The van der Waals surface area contributed by atoms with Gasteiger partial charge in [-0.05, 0) is 27.2 Å². The Morgan fingerprint density at radius 2 is 2.05 bits per heavy atom. The van der Waals surface area contributed by atoms with Crippen LogP contribution in [-0.4, -0.2) is 44.2 Å². The Hall–Kier alpha value is -1.34. The molecule has 0 fully saturated rings. The molecule has 19 heavy (non-hydrogen) atoms. The number of rotatable bonds is 7. The maximum absolute atomic E-state index is 11.6. The number of carbonyl (C=O) groups excluding carboxylic acids is 1. The van der Waals surface area contributed by atoms with Gasteiger partial charge in [-0.15, -0.1) is 0 Å². The third-order valence-corrected chi connectivity index (χ3v) is 2.07. The lowest BCUT2D eigenvalue weighted by Crippen LogP contribution is -2.45. The quantitative estimate of drug-likeness (QED) is 0.168. The van der Waals surface area contributed by atoms with Gasteiger partial charge in [-0.2, -0.15) is 0 Å².